The minimum atomic E-state index is -0.823. The number of terminal acetylenes is 1. The van der Waals surface area contributed by atoms with Crippen molar-refractivity contribution >= 4 is 6.16 Å². The third kappa shape index (κ3) is 3.93. The number of para-hydroxylation sites is 1. The Morgan fingerprint density at radius 2 is 1.35 bits per heavy atom. The number of hydrogen-bond donors (Lipinski definition) is 0. The van der Waals surface area contributed by atoms with Gasteiger partial charge in [-0.15, -0.1) is 6.42 Å². The van der Waals surface area contributed by atoms with Crippen LogP contribution in [0.25, 0.3) is 22.3 Å². The lowest BCUT2D eigenvalue weighted by Crippen LogP contribution is -2.17. The van der Waals surface area contributed by atoms with E-state index in [0.29, 0.717) is 5.75 Å². The molecule has 3 aromatic carbocycles. The lowest BCUT2D eigenvalue weighted by atomic mass is 9.97. The molecule has 3 nitrogen and oxygen atoms in total. The molecule has 0 bridgehead atoms. The van der Waals surface area contributed by atoms with Gasteiger partial charge in [-0.1, -0.05) is 84.8 Å². The molecule has 26 heavy (non-hydrogen) atoms. The van der Waals surface area contributed by atoms with Gasteiger partial charge in [0.05, 0.1) is 0 Å². The van der Waals surface area contributed by atoms with Crippen LogP contribution in [0.3, 0.4) is 0 Å². The van der Waals surface area contributed by atoms with Gasteiger partial charge >= 0.3 is 6.16 Å². The smallest absolute Gasteiger partial charge is 0.418 e. The van der Waals surface area contributed by atoms with Crippen molar-refractivity contribution in [1.29, 1.82) is 0 Å². The summed E-state index contributed by atoms with van der Waals surface area (Å²) in [6, 6.07) is 25.2. The first-order valence-electron chi connectivity index (χ1n) is 8.27. The highest BCUT2D eigenvalue weighted by Crippen LogP contribution is 2.39. The average Bonchev–Trinajstić information content (AvgIpc) is 2.69. The molecule has 0 saturated carbocycles. The molecule has 0 aromatic heterocycles. The van der Waals surface area contributed by atoms with Crippen molar-refractivity contribution in [3.05, 3.63) is 78.9 Å². The molecule has 0 aliphatic heterocycles. The van der Waals surface area contributed by atoms with Gasteiger partial charge in [0, 0.05) is 11.1 Å². The van der Waals surface area contributed by atoms with Crippen molar-refractivity contribution in [1.82, 2.24) is 0 Å². The monoisotopic (exact) mass is 342 g/mol. The van der Waals surface area contributed by atoms with Gasteiger partial charge in [-0.25, -0.2) is 4.79 Å². The zero-order valence-electron chi connectivity index (χ0n) is 14.4. The summed E-state index contributed by atoms with van der Waals surface area (Å²) >= 11 is 0. The van der Waals surface area contributed by atoms with Gasteiger partial charge in [-0.05, 0) is 18.1 Å². The Labute approximate surface area is 153 Å². The van der Waals surface area contributed by atoms with Gasteiger partial charge < -0.3 is 9.47 Å². The van der Waals surface area contributed by atoms with Crippen LogP contribution in [0.2, 0.25) is 0 Å². The highest BCUT2D eigenvalue weighted by atomic mass is 16.7. The first-order valence-corrected chi connectivity index (χ1v) is 8.27. The van der Waals surface area contributed by atoms with Crippen LogP contribution in [-0.4, -0.2) is 12.3 Å². The topological polar surface area (TPSA) is 35.5 Å². The van der Waals surface area contributed by atoms with E-state index in [1.54, 1.807) is 6.92 Å². The fraction of sp³-hybridized carbons (Fsp3) is 0.0870. The van der Waals surface area contributed by atoms with Crippen molar-refractivity contribution < 1.29 is 14.3 Å². The summed E-state index contributed by atoms with van der Waals surface area (Å²) in [6.07, 6.45) is 3.79. The van der Waals surface area contributed by atoms with Crippen LogP contribution in [0.5, 0.6) is 5.75 Å². The maximum atomic E-state index is 12.2. The first kappa shape index (κ1) is 17.3. The molecule has 0 fully saturated rings. The molecule has 0 spiro atoms. The zero-order chi connectivity index (χ0) is 18.4. The molecule has 128 valence electrons. The molecule has 0 radical (unpaired) electrons. The third-order valence-corrected chi connectivity index (χ3v) is 3.88. The molecule has 0 saturated heterocycles. The molecule has 3 heteroatoms. The molecule has 1 unspecified atom stereocenters. The maximum absolute atomic E-state index is 12.2. The van der Waals surface area contributed by atoms with Crippen LogP contribution in [0.4, 0.5) is 4.79 Å². The van der Waals surface area contributed by atoms with Gasteiger partial charge in [-0.3, -0.25) is 0 Å². The van der Waals surface area contributed by atoms with Crippen LogP contribution in [0, 0.1) is 12.3 Å². The quantitative estimate of drug-likeness (QED) is 0.354. The van der Waals surface area contributed by atoms with Gasteiger partial charge in [0.15, 0.2) is 6.10 Å². The summed E-state index contributed by atoms with van der Waals surface area (Å²) in [5, 5.41) is 0. The highest BCUT2D eigenvalue weighted by Gasteiger charge is 2.18. The fourth-order valence-corrected chi connectivity index (χ4v) is 2.62. The van der Waals surface area contributed by atoms with Crippen molar-refractivity contribution in [2.75, 3.05) is 0 Å². The molecule has 1 atom stereocenters. The van der Waals surface area contributed by atoms with E-state index in [-0.39, 0.29) is 0 Å². The Bertz CT molecular complexity index is 867. The largest absolute Gasteiger partial charge is 0.515 e. The Hall–Kier alpha value is -3.51. The Balaban J connectivity index is 2.08. The third-order valence-electron chi connectivity index (χ3n) is 3.88. The van der Waals surface area contributed by atoms with Crippen LogP contribution >= 0.6 is 0 Å². The lowest BCUT2D eigenvalue weighted by Gasteiger charge is -2.16. The number of rotatable bonds is 4. The van der Waals surface area contributed by atoms with Crippen LogP contribution in [0.1, 0.15) is 6.92 Å². The van der Waals surface area contributed by atoms with Gasteiger partial charge in [0.2, 0.25) is 0 Å². The summed E-state index contributed by atoms with van der Waals surface area (Å²) in [5.41, 5.74) is 3.49. The second-order valence-electron chi connectivity index (χ2n) is 5.69. The normalized spacial score (nSPS) is 11.2. The van der Waals surface area contributed by atoms with Crippen molar-refractivity contribution in [2.24, 2.45) is 0 Å². The minimum absolute atomic E-state index is 0.444. The van der Waals surface area contributed by atoms with Gasteiger partial charge in [0.1, 0.15) is 5.75 Å². The summed E-state index contributed by atoms with van der Waals surface area (Å²) in [4.78, 5) is 12.2. The van der Waals surface area contributed by atoms with E-state index in [0.717, 1.165) is 22.3 Å². The minimum Gasteiger partial charge on any atom is -0.418 e. The van der Waals surface area contributed by atoms with Crippen LogP contribution in [-0.2, 0) is 4.74 Å². The summed E-state index contributed by atoms with van der Waals surface area (Å²) in [5.74, 6) is 2.79. The lowest BCUT2D eigenvalue weighted by molar-refractivity contribution is 0.0856. The van der Waals surface area contributed by atoms with E-state index < -0.39 is 12.3 Å². The number of carbonyl (C=O) groups excluding carboxylic acids is 1. The molecule has 0 N–H and O–H groups in total. The van der Waals surface area contributed by atoms with E-state index >= 15 is 0 Å². The standard InChI is InChI=1S/C23H18O3/c1-3-17(2)25-23(24)26-22-20(18-11-6-4-7-12-18)15-10-16-21(22)19-13-8-5-9-14-19/h1,4-17H,2H3. The Morgan fingerprint density at radius 3 is 1.81 bits per heavy atom. The maximum Gasteiger partial charge on any atom is 0.515 e. The number of benzene rings is 3. The zero-order valence-corrected chi connectivity index (χ0v) is 14.4. The van der Waals surface area contributed by atoms with Crippen LogP contribution < -0.4 is 4.74 Å². The first-order chi connectivity index (χ1) is 12.7. The summed E-state index contributed by atoms with van der Waals surface area (Å²) in [6.45, 7) is 1.61. The van der Waals surface area contributed by atoms with Crippen molar-refractivity contribution in [2.45, 2.75) is 13.0 Å². The van der Waals surface area contributed by atoms with E-state index in [1.165, 1.54) is 0 Å². The molecule has 3 rings (SSSR count). The molecule has 0 amide bonds. The molecule has 3 aromatic rings. The van der Waals surface area contributed by atoms with Crippen molar-refractivity contribution in [3.63, 3.8) is 0 Å². The molecular formula is C23H18O3. The Kier molecular flexibility index (Phi) is 5.36. The molecule has 0 aliphatic rings. The molecule has 0 aliphatic carbocycles. The predicted molar refractivity (Wildman–Crippen MR) is 103 cm³/mol. The van der Waals surface area contributed by atoms with E-state index in [1.807, 2.05) is 78.9 Å². The number of carbonyl (C=O) groups is 1. The van der Waals surface area contributed by atoms with Crippen molar-refractivity contribution in [3.8, 4) is 40.3 Å². The summed E-state index contributed by atoms with van der Waals surface area (Å²) in [7, 11) is 0. The van der Waals surface area contributed by atoms with Crippen LogP contribution in [0.15, 0.2) is 78.9 Å². The SMILES string of the molecule is C#CC(C)OC(=O)Oc1c(-c2ccccc2)cccc1-c1ccccc1. The number of ether oxygens (including phenoxy) is 2. The second-order valence-corrected chi connectivity index (χ2v) is 5.69. The van der Waals surface area contributed by atoms with Gasteiger partial charge in [0.25, 0.3) is 0 Å². The molecular weight excluding hydrogens is 324 g/mol. The summed E-state index contributed by atoms with van der Waals surface area (Å²) < 4.78 is 10.7. The fourth-order valence-electron chi connectivity index (χ4n) is 2.62. The van der Waals surface area contributed by atoms with E-state index in [4.69, 9.17) is 15.9 Å². The average molecular weight is 342 g/mol. The second kappa shape index (κ2) is 8.04. The molecule has 0 heterocycles. The Morgan fingerprint density at radius 1 is 0.846 bits per heavy atom. The number of hydrogen-bond acceptors (Lipinski definition) is 3. The highest BCUT2D eigenvalue weighted by molar-refractivity contribution is 5.85. The van der Waals surface area contributed by atoms with Gasteiger partial charge in [-0.2, -0.15) is 0 Å². The predicted octanol–water partition coefficient (Wildman–Crippen LogP) is 5.56. The van der Waals surface area contributed by atoms with E-state index in [9.17, 15) is 4.79 Å². The van der Waals surface area contributed by atoms with E-state index in [2.05, 4.69) is 5.92 Å².